The van der Waals surface area contributed by atoms with Gasteiger partial charge < -0.3 is 5.32 Å². The molecule has 2 aromatic rings. The van der Waals surface area contributed by atoms with Gasteiger partial charge in [-0.1, -0.05) is 18.5 Å². The smallest absolute Gasteiger partial charge is 0.195 e. The Kier molecular flexibility index (Phi) is 3.52. The number of imidazole rings is 1. The molecule has 5 heteroatoms. The van der Waals surface area contributed by atoms with Gasteiger partial charge in [0.1, 0.15) is 0 Å². The van der Waals surface area contributed by atoms with E-state index in [0.717, 1.165) is 23.6 Å². The van der Waals surface area contributed by atoms with Gasteiger partial charge >= 0.3 is 0 Å². The van der Waals surface area contributed by atoms with Gasteiger partial charge in [0.25, 0.3) is 0 Å². The highest BCUT2D eigenvalue weighted by Gasteiger charge is 2.13. The normalized spacial score (nSPS) is 13.5. The van der Waals surface area contributed by atoms with Gasteiger partial charge in [0.15, 0.2) is 10.1 Å². The maximum atomic E-state index is 6.14. The molecule has 0 saturated carbocycles. The predicted molar refractivity (Wildman–Crippen MR) is 69.4 cm³/mol. The fraction of sp³-hybridized carbons (Fsp3) is 0.545. The SMILES string of the molecule is CCC(C)NCc1c(Cl)nc2scc(C)n12. The third-order valence-corrected chi connectivity index (χ3v) is 4.06. The zero-order valence-electron chi connectivity index (χ0n) is 9.75. The van der Waals surface area contributed by atoms with E-state index in [0.29, 0.717) is 11.2 Å². The number of aromatic nitrogens is 2. The van der Waals surface area contributed by atoms with Gasteiger partial charge in [-0.25, -0.2) is 4.98 Å². The Morgan fingerprint density at radius 3 is 3.06 bits per heavy atom. The summed E-state index contributed by atoms with van der Waals surface area (Å²) in [5.41, 5.74) is 2.26. The van der Waals surface area contributed by atoms with Gasteiger partial charge in [0.05, 0.1) is 5.69 Å². The van der Waals surface area contributed by atoms with Crippen molar-refractivity contribution in [1.29, 1.82) is 0 Å². The molecule has 88 valence electrons. The first-order valence-corrected chi connectivity index (χ1v) is 6.73. The van der Waals surface area contributed by atoms with Gasteiger partial charge in [-0.15, -0.1) is 11.3 Å². The van der Waals surface area contributed by atoms with Gasteiger partial charge in [-0.3, -0.25) is 4.40 Å². The molecular weight excluding hydrogens is 242 g/mol. The van der Waals surface area contributed by atoms with Crippen LogP contribution in [0.25, 0.3) is 4.96 Å². The Labute approximate surface area is 104 Å². The maximum absolute atomic E-state index is 6.14. The van der Waals surface area contributed by atoms with Gasteiger partial charge in [-0.2, -0.15) is 0 Å². The summed E-state index contributed by atoms with van der Waals surface area (Å²) in [5.74, 6) is 0. The molecule has 1 atom stereocenters. The van der Waals surface area contributed by atoms with Crippen molar-refractivity contribution in [1.82, 2.24) is 14.7 Å². The highest BCUT2D eigenvalue weighted by molar-refractivity contribution is 7.15. The van der Waals surface area contributed by atoms with E-state index < -0.39 is 0 Å². The molecule has 1 unspecified atom stereocenters. The van der Waals surface area contributed by atoms with Gasteiger partial charge in [-0.05, 0) is 20.3 Å². The van der Waals surface area contributed by atoms with Crippen LogP contribution < -0.4 is 5.32 Å². The number of thiazole rings is 1. The summed E-state index contributed by atoms with van der Waals surface area (Å²) < 4.78 is 2.13. The van der Waals surface area contributed by atoms with Crippen molar-refractivity contribution in [3.05, 3.63) is 21.9 Å². The van der Waals surface area contributed by atoms with Crippen LogP contribution in [0, 0.1) is 6.92 Å². The molecule has 0 saturated heterocycles. The summed E-state index contributed by atoms with van der Waals surface area (Å²) >= 11 is 7.77. The van der Waals surface area contributed by atoms with Crippen LogP contribution in [0.5, 0.6) is 0 Å². The zero-order valence-corrected chi connectivity index (χ0v) is 11.3. The fourth-order valence-electron chi connectivity index (χ4n) is 1.61. The molecule has 0 aliphatic rings. The molecule has 2 aromatic heterocycles. The summed E-state index contributed by atoms with van der Waals surface area (Å²) in [5, 5.41) is 6.16. The third-order valence-electron chi connectivity index (χ3n) is 2.81. The Bertz CT molecular complexity index is 489. The first kappa shape index (κ1) is 11.9. The lowest BCUT2D eigenvalue weighted by atomic mass is 10.2. The molecule has 16 heavy (non-hydrogen) atoms. The number of hydrogen-bond acceptors (Lipinski definition) is 3. The number of hydrogen-bond donors (Lipinski definition) is 1. The number of halogens is 1. The molecule has 2 rings (SSSR count). The molecule has 0 amide bonds. The van der Waals surface area contributed by atoms with E-state index in [1.165, 1.54) is 5.69 Å². The maximum Gasteiger partial charge on any atom is 0.195 e. The summed E-state index contributed by atoms with van der Waals surface area (Å²) in [7, 11) is 0. The molecule has 0 aromatic carbocycles. The van der Waals surface area contributed by atoms with Crippen LogP contribution in [-0.4, -0.2) is 15.4 Å². The van der Waals surface area contributed by atoms with E-state index in [1.807, 2.05) is 0 Å². The minimum absolute atomic E-state index is 0.501. The molecule has 1 N–H and O–H groups in total. The van der Waals surface area contributed by atoms with E-state index in [1.54, 1.807) is 11.3 Å². The van der Waals surface area contributed by atoms with Crippen LogP contribution in [0.3, 0.4) is 0 Å². The monoisotopic (exact) mass is 257 g/mol. The van der Waals surface area contributed by atoms with Crippen molar-refractivity contribution >= 4 is 27.9 Å². The Morgan fingerprint density at radius 2 is 2.38 bits per heavy atom. The van der Waals surface area contributed by atoms with Crippen LogP contribution in [0.15, 0.2) is 5.38 Å². The summed E-state index contributed by atoms with van der Waals surface area (Å²) in [6.45, 7) is 7.19. The average Bonchev–Trinajstić information content (AvgIpc) is 2.76. The molecule has 3 nitrogen and oxygen atoms in total. The summed E-state index contributed by atoms with van der Waals surface area (Å²) in [6.07, 6.45) is 1.11. The number of aryl methyl sites for hydroxylation is 1. The Morgan fingerprint density at radius 1 is 1.62 bits per heavy atom. The second-order valence-corrected chi connectivity index (χ2v) is 5.23. The third kappa shape index (κ3) is 2.10. The van der Waals surface area contributed by atoms with Crippen LogP contribution in [-0.2, 0) is 6.54 Å². The molecular formula is C11H16ClN3S. The largest absolute Gasteiger partial charge is 0.309 e. The lowest BCUT2D eigenvalue weighted by Gasteiger charge is -2.11. The fourth-order valence-corrected chi connectivity index (χ4v) is 2.77. The van der Waals surface area contributed by atoms with Crippen molar-refractivity contribution in [2.45, 2.75) is 39.8 Å². The molecule has 0 radical (unpaired) electrons. The van der Waals surface area contributed by atoms with Gasteiger partial charge in [0, 0.05) is 23.7 Å². The molecule has 0 aliphatic carbocycles. The molecule has 0 bridgehead atoms. The second kappa shape index (κ2) is 4.73. The highest BCUT2D eigenvalue weighted by atomic mass is 35.5. The van der Waals surface area contributed by atoms with E-state index in [4.69, 9.17) is 11.6 Å². The lowest BCUT2D eigenvalue weighted by Crippen LogP contribution is -2.25. The van der Waals surface area contributed by atoms with Crippen molar-refractivity contribution in [3.8, 4) is 0 Å². The molecule has 0 fully saturated rings. The van der Waals surface area contributed by atoms with Crippen LogP contribution in [0.1, 0.15) is 31.7 Å². The number of nitrogens with one attached hydrogen (secondary N) is 1. The van der Waals surface area contributed by atoms with Crippen molar-refractivity contribution in [3.63, 3.8) is 0 Å². The molecule has 2 heterocycles. The second-order valence-electron chi connectivity index (χ2n) is 4.03. The predicted octanol–water partition coefficient (Wildman–Crippen LogP) is 3.25. The van der Waals surface area contributed by atoms with Crippen molar-refractivity contribution in [2.75, 3.05) is 0 Å². The number of nitrogens with zero attached hydrogens (tertiary/aromatic N) is 2. The quantitative estimate of drug-likeness (QED) is 0.911. The minimum atomic E-state index is 0.501. The van der Waals surface area contributed by atoms with Crippen molar-refractivity contribution in [2.24, 2.45) is 0 Å². The van der Waals surface area contributed by atoms with Crippen molar-refractivity contribution < 1.29 is 0 Å². The van der Waals surface area contributed by atoms with Crippen LogP contribution >= 0.6 is 22.9 Å². The van der Waals surface area contributed by atoms with Gasteiger partial charge in [0.2, 0.25) is 0 Å². The topological polar surface area (TPSA) is 29.3 Å². The van der Waals surface area contributed by atoms with Crippen LogP contribution in [0.4, 0.5) is 0 Å². The number of rotatable bonds is 4. The summed E-state index contributed by atoms with van der Waals surface area (Å²) in [6, 6.07) is 0.501. The van der Waals surface area contributed by atoms with Crippen LogP contribution in [0.2, 0.25) is 5.15 Å². The van der Waals surface area contributed by atoms with E-state index in [2.05, 4.69) is 40.9 Å². The lowest BCUT2D eigenvalue weighted by molar-refractivity contribution is 0.527. The zero-order chi connectivity index (χ0) is 11.7. The minimum Gasteiger partial charge on any atom is -0.309 e. The highest BCUT2D eigenvalue weighted by Crippen LogP contribution is 2.23. The standard InChI is InChI=1S/C11H16ClN3S/c1-4-7(2)13-5-9-10(12)14-11-15(9)8(3)6-16-11/h6-7,13H,4-5H2,1-3H3. The summed E-state index contributed by atoms with van der Waals surface area (Å²) in [4.78, 5) is 5.32. The van der Waals surface area contributed by atoms with E-state index in [9.17, 15) is 0 Å². The number of fused-ring (bicyclic) bond motifs is 1. The molecule has 0 spiro atoms. The Balaban J connectivity index is 2.28. The van der Waals surface area contributed by atoms with E-state index in [-0.39, 0.29) is 0 Å². The average molecular weight is 258 g/mol. The molecule has 0 aliphatic heterocycles. The first-order valence-electron chi connectivity index (χ1n) is 5.47. The first-order chi connectivity index (χ1) is 7.63. The van der Waals surface area contributed by atoms with E-state index >= 15 is 0 Å². The Hall–Kier alpha value is -0.580.